The number of hydrogen-bond donors (Lipinski definition) is 2. The molecular weight excluding hydrogens is 438 g/mol. The summed E-state index contributed by atoms with van der Waals surface area (Å²) in [6, 6.07) is 13.6. The summed E-state index contributed by atoms with van der Waals surface area (Å²) in [7, 11) is 7.51. The zero-order chi connectivity index (χ0) is 24.4. The van der Waals surface area contributed by atoms with Gasteiger partial charge in [0.15, 0.2) is 28.8 Å². The van der Waals surface area contributed by atoms with Crippen molar-refractivity contribution < 1.29 is 33.6 Å². The number of phenolic OH excluding ortho intramolecular Hbond substituents is 1. The Kier molecular flexibility index (Phi) is 6.23. The van der Waals surface area contributed by atoms with Crippen LogP contribution in [0.15, 0.2) is 48.5 Å². The molecule has 0 saturated heterocycles. The van der Waals surface area contributed by atoms with Crippen LogP contribution in [0, 0.1) is 0 Å². The maximum absolute atomic E-state index is 14.0. The van der Waals surface area contributed by atoms with Gasteiger partial charge in [-0.3, -0.25) is 4.79 Å². The number of aromatic amines is 1. The minimum absolute atomic E-state index is 0.0446. The highest BCUT2D eigenvalue weighted by Crippen LogP contribution is 2.42. The van der Waals surface area contributed by atoms with Crippen LogP contribution in [0.3, 0.4) is 0 Å². The first-order valence-electron chi connectivity index (χ1n) is 10.4. The molecule has 0 aliphatic heterocycles. The van der Waals surface area contributed by atoms with Gasteiger partial charge in [-0.25, -0.2) is 0 Å². The van der Waals surface area contributed by atoms with Crippen molar-refractivity contribution in [1.29, 1.82) is 0 Å². The number of ketones is 1. The number of methoxy groups -OCH3 is 5. The highest BCUT2D eigenvalue weighted by Gasteiger charge is 2.26. The second kappa shape index (κ2) is 9.27. The summed E-state index contributed by atoms with van der Waals surface area (Å²) in [4.78, 5) is 17.3. The zero-order valence-electron chi connectivity index (χ0n) is 19.5. The normalized spacial score (nSPS) is 10.7. The Morgan fingerprint density at radius 2 is 1.41 bits per heavy atom. The molecule has 0 amide bonds. The van der Waals surface area contributed by atoms with E-state index < -0.39 is 0 Å². The van der Waals surface area contributed by atoms with Gasteiger partial charge in [-0.05, 0) is 42.5 Å². The van der Waals surface area contributed by atoms with Crippen molar-refractivity contribution in [3.63, 3.8) is 0 Å². The van der Waals surface area contributed by atoms with E-state index in [9.17, 15) is 9.90 Å². The van der Waals surface area contributed by atoms with E-state index in [1.54, 1.807) is 43.5 Å². The van der Waals surface area contributed by atoms with Crippen molar-refractivity contribution in [1.82, 2.24) is 4.98 Å². The van der Waals surface area contributed by atoms with E-state index in [-0.39, 0.29) is 11.5 Å². The highest BCUT2D eigenvalue weighted by molar-refractivity contribution is 6.22. The molecule has 1 aromatic heterocycles. The standard InChI is InChI=1S/C26H25NO7/c1-30-18-10-9-14(11-17(18)28)24-23(22-16(27-24)7-6-8-19(22)31-2)25(29)15-12-20(32-3)26(34-5)21(13-15)33-4/h6-13,27-28H,1-5H3. The Morgan fingerprint density at radius 3 is 1.97 bits per heavy atom. The van der Waals surface area contributed by atoms with E-state index in [4.69, 9.17) is 23.7 Å². The van der Waals surface area contributed by atoms with Crippen molar-refractivity contribution in [3.8, 4) is 45.8 Å². The highest BCUT2D eigenvalue weighted by atomic mass is 16.5. The molecule has 0 spiro atoms. The van der Waals surface area contributed by atoms with Crippen molar-refractivity contribution in [2.75, 3.05) is 35.5 Å². The number of carbonyl (C=O) groups excluding carboxylic acids is 1. The number of hydrogen-bond acceptors (Lipinski definition) is 7. The summed E-state index contributed by atoms with van der Waals surface area (Å²) in [5, 5.41) is 11.0. The molecular formula is C26H25NO7. The number of aromatic nitrogens is 1. The van der Waals surface area contributed by atoms with Gasteiger partial charge in [0.2, 0.25) is 5.75 Å². The summed E-state index contributed by atoms with van der Waals surface area (Å²) < 4.78 is 27.0. The fraction of sp³-hybridized carbons (Fsp3) is 0.192. The molecule has 0 aliphatic rings. The average molecular weight is 463 g/mol. The lowest BCUT2D eigenvalue weighted by atomic mass is 9.96. The van der Waals surface area contributed by atoms with Crippen molar-refractivity contribution in [3.05, 3.63) is 59.7 Å². The number of benzene rings is 3. The largest absolute Gasteiger partial charge is 0.504 e. The predicted octanol–water partition coefficient (Wildman–Crippen LogP) is 4.81. The Balaban J connectivity index is 2.00. The van der Waals surface area contributed by atoms with Gasteiger partial charge in [-0.1, -0.05) is 6.07 Å². The van der Waals surface area contributed by atoms with Crippen LogP contribution in [-0.2, 0) is 0 Å². The van der Waals surface area contributed by atoms with Gasteiger partial charge in [0.1, 0.15) is 5.75 Å². The van der Waals surface area contributed by atoms with Gasteiger partial charge < -0.3 is 33.8 Å². The molecule has 176 valence electrons. The van der Waals surface area contributed by atoms with Crippen molar-refractivity contribution >= 4 is 16.7 Å². The molecule has 2 N–H and O–H groups in total. The molecule has 8 nitrogen and oxygen atoms in total. The maximum atomic E-state index is 14.0. The fourth-order valence-corrected chi connectivity index (χ4v) is 4.03. The minimum Gasteiger partial charge on any atom is -0.504 e. The lowest BCUT2D eigenvalue weighted by Gasteiger charge is -2.14. The van der Waals surface area contributed by atoms with Crippen LogP contribution in [0.1, 0.15) is 15.9 Å². The van der Waals surface area contributed by atoms with Gasteiger partial charge >= 0.3 is 0 Å². The molecule has 0 bridgehead atoms. The number of ether oxygens (including phenoxy) is 5. The Morgan fingerprint density at radius 1 is 0.765 bits per heavy atom. The van der Waals surface area contributed by atoms with Crippen LogP contribution in [-0.4, -0.2) is 51.4 Å². The zero-order valence-corrected chi connectivity index (χ0v) is 19.5. The van der Waals surface area contributed by atoms with Crippen LogP contribution in [0.2, 0.25) is 0 Å². The molecule has 4 aromatic rings. The van der Waals surface area contributed by atoms with E-state index >= 15 is 0 Å². The quantitative estimate of drug-likeness (QED) is 0.362. The van der Waals surface area contributed by atoms with Gasteiger partial charge in [-0.15, -0.1) is 0 Å². The number of aromatic hydroxyl groups is 1. The van der Waals surface area contributed by atoms with Crippen LogP contribution >= 0.6 is 0 Å². The third-order valence-corrected chi connectivity index (χ3v) is 5.63. The molecule has 34 heavy (non-hydrogen) atoms. The molecule has 1 heterocycles. The number of nitrogens with one attached hydrogen (secondary N) is 1. The SMILES string of the molecule is COc1ccc(-c2[nH]c3cccc(OC)c3c2C(=O)c2cc(OC)c(OC)c(OC)c2)cc1O. The average Bonchev–Trinajstić information content (AvgIpc) is 3.27. The van der Waals surface area contributed by atoms with Gasteiger partial charge in [0.05, 0.1) is 57.7 Å². The number of fused-ring (bicyclic) bond motifs is 1. The molecule has 0 fully saturated rings. The Labute approximate surface area is 196 Å². The number of H-pyrrole nitrogens is 1. The first-order valence-corrected chi connectivity index (χ1v) is 10.4. The summed E-state index contributed by atoms with van der Waals surface area (Å²) in [6.45, 7) is 0. The van der Waals surface area contributed by atoms with E-state index in [0.717, 1.165) is 0 Å². The molecule has 4 rings (SSSR count). The molecule has 0 unspecified atom stereocenters. The number of rotatable bonds is 8. The smallest absolute Gasteiger partial charge is 0.203 e. The molecule has 8 heteroatoms. The third kappa shape index (κ3) is 3.73. The number of phenols is 1. The summed E-state index contributed by atoms with van der Waals surface area (Å²) in [6.07, 6.45) is 0. The van der Waals surface area contributed by atoms with Crippen molar-refractivity contribution in [2.45, 2.75) is 0 Å². The van der Waals surface area contributed by atoms with Gasteiger partial charge in [0.25, 0.3) is 0 Å². The van der Waals surface area contributed by atoms with Crippen LogP contribution in [0.5, 0.6) is 34.5 Å². The van der Waals surface area contributed by atoms with E-state index in [1.807, 2.05) is 12.1 Å². The second-order valence-corrected chi connectivity index (χ2v) is 7.39. The van der Waals surface area contributed by atoms with Crippen LogP contribution < -0.4 is 23.7 Å². The lowest BCUT2D eigenvalue weighted by Crippen LogP contribution is -2.05. The topological polar surface area (TPSA) is 99.2 Å². The lowest BCUT2D eigenvalue weighted by molar-refractivity contribution is 0.104. The fourth-order valence-electron chi connectivity index (χ4n) is 4.03. The monoisotopic (exact) mass is 463 g/mol. The first-order chi connectivity index (χ1) is 16.5. The third-order valence-electron chi connectivity index (χ3n) is 5.63. The van der Waals surface area contributed by atoms with Crippen molar-refractivity contribution in [2.24, 2.45) is 0 Å². The van der Waals surface area contributed by atoms with Crippen LogP contribution in [0.25, 0.3) is 22.2 Å². The predicted molar refractivity (Wildman–Crippen MR) is 128 cm³/mol. The van der Waals surface area contributed by atoms with Gasteiger partial charge in [-0.2, -0.15) is 0 Å². The summed E-state index contributed by atoms with van der Waals surface area (Å²) in [5.74, 6) is 1.64. The summed E-state index contributed by atoms with van der Waals surface area (Å²) >= 11 is 0. The molecule has 0 radical (unpaired) electrons. The van der Waals surface area contributed by atoms with Crippen LogP contribution in [0.4, 0.5) is 0 Å². The van der Waals surface area contributed by atoms with E-state index in [2.05, 4.69) is 4.98 Å². The maximum Gasteiger partial charge on any atom is 0.203 e. The molecule has 0 aliphatic carbocycles. The molecule has 0 atom stereocenters. The van der Waals surface area contributed by atoms with Gasteiger partial charge in [0, 0.05) is 11.1 Å². The van der Waals surface area contributed by atoms with E-state index in [0.29, 0.717) is 62.0 Å². The van der Waals surface area contributed by atoms with E-state index in [1.165, 1.54) is 28.4 Å². The number of carbonyl (C=O) groups is 1. The minimum atomic E-state index is -0.291. The Hall–Kier alpha value is -4.33. The Bertz CT molecular complexity index is 1350. The second-order valence-electron chi connectivity index (χ2n) is 7.39. The first kappa shape index (κ1) is 22.8. The summed E-state index contributed by atoms with van der Waals surface area (Å²) in [5.41, 5.74) is 2.55. The molecule has 0 saturated carbocycles. The molecule has 3 aromatic carbocycles.